The van der Waals surface area contributed by atoms with E-state index in [0.29, 0.717) is 11.8 Å². The zero-order valence-corrected chi connectivity index (χ0v) is 20.4. The van der Waals surface area contributed by atoms with Gasteiger partial charge in [0.2, 0.25) is 0 Å². The van der Waals surface area contributed by atoms with Gasteiger partial charge in [0.25, 0.3) is 0 Å². The Kier molecular flexibility index (Phi) is 5.23. The van der Waals surface area contributed by atoms with E-state index in [4.69, 9.17) is 4.74 Å². The summed E-state index contributed by atoms with van der Waals surface area (Å²) in [5.41, 5.74) is -1.57. The molecule has 5 rings (SSSR count). The molecule has 0 aromatic rings. The van der Waals surface area contributed by atoms with E-state index in [2.05, 4.69) is 34.6 Å². The average Bonchev–Trinajstić information content (AvgIpc) is 3.30. The monoisotopic (exact) mass is 434 g/mol. The van der Waals surface area contributed by atoms with Gasteiger partial charge in [0.15, 0.2) is 0 Å². The van der Waals surface area contributed by atoms with Crippen LogP contribution in [-0.2, 0) is 4.74 Å². The standard InChI is InChI=1S/C27H46O4/c1-16(2)7-6-8-17(3)19-9-10-20-24(19,4)13-12-21-25(5)14-11-18(28)15-26(25,30)22(29)23-27(20,21)31-23/h16-23,28-30H,6-15H2,1-5H3. The molecule has 1 aliphatic heterocycles. The average molecular weight is 435 g/mol. The number of aliphatic hydroxyl groups is 3. The van der Waals surface area contributed by atoms with Crippen LogP contribution in [0.3, 0.4) is 0 Å². The predicted octanol–water partition coefficient (Wildman–Crippen LogP) is 4.69. The summed E-state index contributed by atoms with van der Waals surface area (Å²) in [5.74, 6) is 3.04. The van der Waals surface area contributed by atoms with Crippen LogP contribution >= 0.6 is 0 Å². The summed E-state index contributed by atoms with van der Waals surface area (Å²) < 4.78 is 6.57. The lowest BCUT2D eigenvalue weighted by molar-refractivity contribution is -0.246. The van der Waals surface area contributed by atoms with Gasteiger partial charge < -0.3 is 20.1 Å². The Hall–Kier alpha value is -0.160. The molecule has 5 aliphatic rings. The SMILES string of the molecule is CC(C)CCCC(C)C1CCC2C1(C)CCC1C23OC3C(O)C2(O)CC(O)CCC12C. The van der Waals surface area contributed by atoms with Crippen LogP contribution in [0, 0.1) is 40.4 Å². The second kappa shape index (κ2) is 7.17. The van der Waals surface area contributed by atoms with Gasteiger partial charge in [-0.2, -0.15) is 0 Å². The summed E-state index contributed by atoms with van der Waals surface area (Å²) in [7, 11) is 0. The van der Waals surface area contributed by atoms with Crippen LogP contribution in [0.4, 0.5) is 0 Å². The first-order valence-corrected chi connectivity index (χ1v) is 13.3. The number of fused-ring (bicyclic) bond motifs is 3. The van der Waals surface area contributed by atoms with E-state index in [9.17, 15) is 15.3 Å². The molecule has 0 aromatic heterocycles. The third-order valence-electron chi connectivity index (χ3n) is 11.4. The minimum atomic E-state index is -1.23. The largest absolute Gasteiger partial charge is 0.393 e. The maximum absolute atomic E-state index is 11.7. The van der Waals surface area contributed by atoms with Crippen molar-refractivity contribution < 1.29 is 20.1 Å². The van der Waals surface area contributed by atoms with Crippen molar-refractivity contribution in [3.8, 4) is 0 Å². The zero-order chi connectivity index (χ0) is 22.4. The van der Waals surface area contributed by atoms with Crippen molar-refractivity contribution in [1.29, 1.82) is 0 Å². The molecule has 4 heteroatoms. The van der Waals surface area contributed by atoms with Gasteiger partial charge >= 0.3 is 0 Å². The van der Waals surface area contributed by atoms with Gasteiger partial charge in [-0.1, -0.05) is 53.9 Å². The zero-order valence-electron chi connectivity index (χ0n) is 20.4. The molecule has 0 radical (unpaired) electrons. The van der Waals surface area contributed by atoms with Crippen molar-refractivity contribution in [3.63, 3.8) is 0 Å². The molecule has 4 nitrogen and oxygen atoms in total. The van der Waals surface area contributed by atoms with E-state index in [0.717, 1.165) is 37.0 Å². The van der Waals surface area contributed by atoms with Crippen LogP contribution in [0.5, 0.6) is 0 Å². The van der Waals surface area contributed by atoms with Gasteiger partial charge in [0, 0.05) is 11.8 Å². The highest BCUT2D eigenvalue weighted by Crippen LogP contribution is 2.76. The lowest BCUT2D eigenvalue weighted by atomic mass is 9.42. The Labute approximate surface area is 189 Å². The predicted molar refractivity (Wildman–Crippen MR) is 121 cm³/mol. The number of aliphatic hydroxyl groups excluding tert-OH is 2. The van der Waals surface area contributed by atoms with Crippen molar-refractivity contribution in [2.24, 2.45) is 40.4 Å². The number of epoxide rings is 1. The van der Waals surface area contributed by atoms with Gasteiger partial charge in [-0.3, -0.25) is 0 Å². The summed E-state index contributed by atoms with van der Waals surface area (Å²) in [6, 6.07) is 0. The van der Waals surface area contributed by atoms with Gasteiger partial charge in [-0.15, -0.1) is 0 Å². The Morgan fingerprint density at radius 1 is 0.935 bits per heavy atom. The third-order valence-corrected chi connectivity index (χ3v) is 11.4. The van der Waals surface area contributed by atoms with Crippen LogP contribution in [-0.4, -0.2) is 44.8 Å². The number of ether oxygens (including phenoxy) is 1. The summed E-state index contributed by atoms with van der Waals surface area (Å²) in [6.07, 6.45) is 8.89. The minimum Gasteiger partial charge on any atom is -0.393 e. The highest BCUT2D eigenvalue weighted by molar-refractivity contribution is 5.32. The second-order valence-corrected chi connectivity index (χ2v) is 13.2. The molecule has 4 saturated carbocycles. The van der Waals surface area contributed by atoms with Crippen molar-refractivity contribution >= 4 is 0 Å². The molecule has 11 unspecified atom stereocenters. The molecular weight excluding hydrogens is 388 g/mol. The molecule has 1 saturated heterocycles. The molecule has 0 bridgehead atoms. The quantitative estimate of drug-likeness (QED) is 0.549. The van der Waals surface area contributed by atoms with Gasteiger partial charge in [-0.25, -0.2) is 0 Å². The molecule has 0 amide bonds. The first kappa shape index (κ1) is 22.6. The number of rotatable bonds is 5. The number of hydrogen-bond acceptors (Lipinski definition) is 4. The van der Waals surface area contributed by atoms with Crippen LogP contribution in [0.25, 0.3) is 0 Å². The highest BCUT2D eigenvalue weighted by atomic mass is 16.6. The lowest BCUT2D eigenvalue weighted by Gasteiger charge is -2.63. The lowest BCUT2D eigenvalue weighted by Crippen LogP contribution is -2.72. The van der Waals surface area contributed by atoms with Crippen LogP contribution in [0.2, 0.25) is 0 Å². The molecule has 31 heavy (non-hydrogen) atoms. The Balaban J connectivity index is 1.41. The van der Waals surface area contributed by atoms with Crippen molar-refractivity contribution in [3.05, 3.63) is 0 Å². The Morgan fingerprint density at radius 3 is 2.39 bits per heavy atom. The van der Waals surface area contributed by atoms with Gasteiger partial charge in [0.05, 0.1) is 6.10 Å². The molecule has 0 aromatic carbocycles. The molecule has 11 atom stereocenters. The Bertz CT molecular complexity index is 709. The smallest absolute Gasteiger partial charge is 0.117 e. The third kappa shape index (κ3) is 2.87. The van der Waals surface area contributed by atoms with Gasteiger partial charge in [0.1, 0.15) is 23.4 Å². The van der Waals surface area contributed by atoms with E-state index in [1.165, 1.54) is 38.5 Å². The normalized spacial score (nSPS) is 56.4. The van der Waals surface area contributed by atoms with Crippen LogP contribution in [0.15, 0.2) is 0 Å². The van der Waals surface area contributed by atoms with Gasteiger partial charge in [-0.05, 0) is 73.5 Å². The van der Waals surface area contributed by atoms with Crippen molar-refractivity contribution in [2.45, 2.75) is 128 Å². The fourth-order valence-electron chi connectivity index (χ4n) is 9.71. The highest BCUT2D eigenvalue weighted by Gasteiger charge is 2.84. The fourth-order valence-corrected chi connectivity index (χ4v) is 9.71. The molecular formula is C27H46O4. The van der Waals surface area contributed by atoms with E-state index >= 15 is 0 Å². The van der Waals surface area contributed by atoms with E-state index in [-0.39, 0.29) is 29.0 Å². The van der Waals surface area contributed by atoms with E-state index in [1.54, 1.807) is 0 Å². The fraction of sp³-hybridized carbons (Fsp3) is 1.00. The first-order valence-electron chi connectivity index (χ1n) is 13.3. The van der Waals surface area contributed by atoms with Crippen molar-refractivity contribution in [2.75, 3.05) is 0 Å². The summed E-state index contributed by atoms with van der Waals surface area (Å²) in [4.78, 5) is 0. The number of hydrogen-bond donors (Lipinski definition) is 3. The summed E-state index contributed by atoms with van der Waals surface area (Å²) in [5, 5.41) is 33.4. The molecule has 5 fully saturated rings. The first-order chi connectivity index (χ1) is 14.5. The summed E-state index contributed by atoms with van der Waals surface area (Å²) >= 11 is 0. The van der Waals surface area contributed by atoms with Crippen LogP contribution < -0.4 is 0 Å². The van der Waals surface area contributed by atoms with Crippen LogP contribution in [0.1, 0.15) is 98.8 Å². The Morgan fingerprint density at radius 2 is 1.68 bits per heavy atom. The minimum absolute atomic E-state index is 0.248. The summed E-state index contributed by atoms with van der Waals surface area (Å²) in [6.45, 7) is 11.8. The van der Waals surface area contributed by atoms with E-state index in [1.807, 2.05) is 0 Å². The topological polar surface area (TPSA) is 73.2 Å². The molecule has 4 aliphatic carbocycles. The maximum Gasteiger partial charge on any atom is 0.117 e. The van der Waals surface area contributed by atoms with E-state index < -0.39 is 17.8 Å². The molecule has 1 heterocycles. The van der Waals surface area contributed by atoms with Crippen molar-refractivity contribution in [1.82, 2.24) is 0 Å². The maximum atomic E-state index is 11.7. The second-order valence-electron chi connectivity index (χ2n) is 13.2. The molecule has 3 N–H and O–H groups in total. The molecule has 178 valence electrons. The molecule has 1 spiro atoms.